The summed E-state index contributed by atoms with van der Waals surface area (Å²) in [5, 5.41) is 3.92. The largest absolute Gasteiger partial charge is 0.467 e. The molecular weight excluding hydrogens is 298 g/mol. The van der Waals surface area contributed by atoms with Gasteiger partial charge in [-0.05, 0) is 25.0 Å². The number of methoxy groups -OCH3 is 1. The van der Waals surface area contributed by atoms with E-state index in [2.05, 4.69) is 5.16 Å². The Hall–Kier alpha value is -2.83. The van der Waals surface area contributed by atoms with Crippen molar-refractivity contribution in [3.8, 4) is 11.3 Å². The number of rotatable bonds is 3. The van der Waals surface area contributed by atoms with E-state index in [4.69, 9.17) is 15.0 Å². The Kier molecular flexibility index (Phi) is 4.01. The van der Waals surface area contributed by atoms with Crippen LogP contribution < -0.4 is 5.73 Å². The van der Waals surface area contributed by atoms with Gasteiger partial charge in [-0.15, -0.1) is 0 Å². The lowest BCUT2D eigenvalue weighted by molar-refractivity contribution is -0.145. The number of nitrogens with two attached hydrogens (primary N) is 1. The molecule has 2 heterocycles. The Morgan fingerprint density at radius 1 is 1.35 bits per heavy atom. The van der Waals surface area contributed by atoms with Crippen LogP contribution in [0.2, 0.25) is 0 Å². The first-order chi connectivity index (χ1) is 11.1. The van der Waals surface area contributed by atoms with E-state index in [1.54, 1.807) is 30.3 Å². The van der Waals surface area contributed by atoms with Crippen molar-refractivity contribution in [3.63, 3.8) is 0 Å². The summed E-state index contributed by atoms with van der Waals surface area (Å²) in [6.45, 7) is 0.497. The van der Waals surface area contributed by atoms with Crippen molar-refractivity contribution in [2.24, 2.45) is 0 Å². The molecule has 23 heavy (non-hydrogen) atoms. The summed E-state index contributed by atoms with van der Waals surface area (Å²) in [5.74, 6) is -0.658. The van der Waals surface area contributed by atoms with Gasteiger partial charge in [0.15, 0.2) is 0 Å². The number of amides is 1. The normalized spacial score (nSPS) is 17.3. The first kappa shape index (κ1) is 15.1. The lowest BCUT2D eigenvalue weighted by atomic mass is 10.1. The molecule has 1 atom stereocenters. The maximum absolute atomic E-state index is 12.5. The van der Waals surface area contributed by atoms with Gasteiger partial charge in [-0.3, -0.25) is 4.79 Å². The molecular formula is C16H17N3O4. The summed E-state index contributed by atoms with van der Waals surface area (Å²) in [4.78, 5) is 25.8. The first-order valence-corrected chi connectivity index (χ1v) is 7.31. The van der Waals surface area contributed by atoms with Crippen molar-refractivity contribution in [1.29, 1.82) is 0 Å². The van der Waals surface area contributed by atoms with Crippen molar-refractivity contribution in [3.05, 3.63) is 36.1 Å². The van der Waals surface area contributed by atoms with E-state index in [-0.39, 0.29) is 11.7 Å². The molecule has 0 aliphatic carbocycles. The number of benzene rings is 1. The van der Waals surface area contributed by atoms with Crippen molar-refractivity contribution in [2.45, 2.75) is 18.9 Å². The van der Waals surface area contributed by atoms with Crippen LogP contribution in [0.1, 0.15) is 23.4 Å². The van der Waals surface area contributed by atoms with Gasteiger partial charge in [0.05, 0.1) is 7.11 Å². The lowest BCUT2D eigenvalue weighted by Gasteiger charge is -2.20. The third kappa shape index (κ3) is 2.90. The van der Waals surface area contributed by atoms with Gasteiger partial charge in [0.2, 0.25) is 5.76 Å². The highest BCUT2D eigenvalue weighted by molar-refractivity contribution is 5.95. The quantitative estimate of drug-likeness (QED) is 0.683. The molecule has 1 aliphatic heterocycles. The zero-order valence-electron chi connectivity index (χ0n) is 12.7. The average molecular weight is 315 g/mol. The molecule has 1 aromatic heterocycles. The van der Waals surface area contributed by atoms with Crippen LogP contribution in [0.4, 0.5) is 5.69 Å². The molecule has 0 saturated carbocycles. The van der Waals surface area contributed by atoms with Crippen molar-refractivity contribution in [2.75, 3.05) is 19.4 Å². The van der Waals surface area contributed by atoms with Crippen LogP contribution in [-0.4, -0.2) is 41.6 Å². The fourth-order valence-electron chi connectivity index (χ4n) is 2.70. The number of carbonyl (C=O) groups excluding carboxylic acids is 2. The number of aromatic nitrogens is 1. The summed E-state index contributed by atoms with van der Waals surface area (Å²) < 4.78 is 9.91. The highest BCUT2D eigenvalue weighted by Gasteiger charge is 2.36. The lowest BCUT2D eigenvalue weighted by Crippen LogP contribution is -2.40. The molecule has 7 heteroatoms. The molecule has 3 rings (SSSR count). The standard InChI is InChI=1S/C16H17N3O4/c1-22-16(21)13-3-2-8-19(13)15(20)14-9-12(18-23-14)10-4-6-11(17)7-5-10/h4-7,9,13H,2-3,8,17H2,1H3. The average Bonchev–Trinajstić information content (AvgIpc) is 3.23. The highest BCUT2D eigenvalue weighted by Crippen LogP contribution is 2.24. The molecule has 1 aromatic carbocycles. The molecule has 0 spiro atoms. The Balaban J connectivity index is 1.81. The minimum Gasteiger partial charge on any atom is -0.467 e. The Morgan fingerprint density at radius 2 is 2.09 bits per heavy atom. The summed E-state index contributed by atoms with van der Waals surface area (Å²) in [6.07, 6.45) is 1.35. The van der Waals surface area contributed by atoms with Gasteiger partial charge in [0.25, 0.3) is 5.91 Å². The molecule has 0 bridgehead atoms. The number of ether oxygens (including phenoxy) is 1. The van der Waals surface area contributed by atoms with Gasteiger partial charge in [0.1, 0.15) is 11.7 Å². The van der Waals surface area contributed by atoms with Crippen molar-refractivity contribution >= 4 is 17.6 Å². The van der Waals surface area contributed by atoms with E-state index < -0.39 is 12.0 Å². The van der Waals surface area contributed by atoms with E-state index in [0.29, 0.717) is 24.3 Å². The number of carbonyl (C=O) groups is 2. The third-order valence-electron chi connectivity index (χ3n) is 3.91. The molecule has 7 nitrogen and oxygen atoms in total. The maximum atomic E-state index is 12.5. The number of anilines is 1. The molecule has 2 N–H and O–H groups in total. The van der Waals surface area contributed by atoms with Crippen LogP contribution in [0, 0.1) is 0 Å². The van der Waals surface area contributed by atoms with Crippen molar-refractivity contribution < 1.29 is 18.8 Å². The van der Waals surface area contributed by atoms with Crippen LogP contribution >= 0.6 is 0 Å². The van der Waals surface area contributed by atoms with E-state index in [9.17, 15) is 9.59 Å². The molecule has 120 valence electrons. The fraction of sp³-hybridized carbons (Fsp3) is 0.312. The SMILES string of the molecule is COC(=O)C1CCCN1C(=O)c1cc(-c2ccc(N)cc2)no1. The second-order valence-electron chi connectivity index (χ2n) is 5.38. The van der Waals surface area contributed by atoms with Gasteiger partial charge in [0, 0.05) is 23.9 Å². The molecule has 0 radical (unpaired) electrons. The molecule has 1 saturated heterocycles. The first-order valence-electron chi connectivity index (χ1n) is 7.31. The number of nitrogens with zero attached hydrogens (tertiary/aromatic N) is 2. The van der Waals surface area contributed by atoms with Gasteiger partial charge < -0.3 is 19.9 Å². The Labute approximate surface area is 133 Å². The minimum atomic E-state index is -0.558. The monoisotopic (exact) mass is 315 g/mol. The predicted octanol–water partition coefficient (Wildman–Crippen LogP) is 1.70. The number of nitrogen functional groups attached to an aromatic ring is 1. The number of hydrogen-bond donors (Lipinski definition) is 1. The summed E-state index contributed by atoms with van der Waals surface area (Å²) >= 11 is 0. The zero-order chi connectivity index (χ0) is 16.4. The molecule has 1 amide bonds. The third-order valence-corrected chi connectivity index (χ3v) is 3.91. The van der Waals surface area contributed by atoms with E-state index in [0.717, 1.165) is 12.0 Å². The smallest absolute Gasteiger partial charge is 0.328 e. The molecule has 1 fully saturated rings. The predicted molar refractivity (Wildman–Crippen MR) is 82.4 cm³/mol. The zero-order valence-corrected chi connectivity index (χ0v) is 12.7. The summed E-state index contributed by atoms with van der Waals surface area (Å²) in [6, 6.07) is 8.11. The van der Waals surface area contributed by atoms with Crippen LogP contribution in [-0.2, 0) is 9.53 Å². The minimum absolute atomic E-state index is 0.104. The molecule has 1 unspecified atom stereocenters. The van der Waals surface area contributed by atoms with Gasteiger partial charge >= 0.3 is 5.97 Å². The maximum Gasteiger partial charge on any atom is 0.328 e. The van der Waals surface area contributed by atoms with Crippen LogP contribution in [0.5, 0.6) is 0 Å². The van der Waals surface area contributed by atoms with Crippen LogP contribution in [0.3, 0.4) is 0 Å². The number of hydrogen-bond acceptors (Lipinski definition) is 6. The van der Waals surface area contributed by atoms with Crippen molar-refractivity contribution in [1.82, 2.24) is 10.1 Å². The number of esters is 1. The molecule has 2 aromatic rings. The number of likely N-dealkylation sites (tertiary alicyclic amines) is 1. The topological polar surface area (TPSA) is 98.7 Å². The van der Waals surface area contributed by atoms with Crippen LogP contribution in [0.25, 0.3) is 11.3 Å². The van der Waals surface area contributed by atoms with Gasteiger partial charge in [-0.2, -0.15) is 0 Å². The fourth-order valence-corrected chi connectivity index (χ4v) is 2.70. The van der Waals surface area contributed by atoms with Crippen LogP contribution in [0.15, 0.2) is 34.9 Å². The summed E-state index contributed by atoms with van der Waals surface area (Å²) in [7, 11) is 1.32. The van der Waals surface area contributed by atoms with Gasteiger partial charge in [-0.1, -0.05) is 17.3 Å². The van der Waals surface area contributed by atoms with E-state index >= 15 is 0 Å². The van der Waals surface area contributed by atoms with Gasteiger partial charge in [-0.25, -0.2) is 4.79 Å². The second-order valence-corrected chi connectivity index (χ2v) is 5.38. The molecule has 1 aliphatic rings. The Bertz CT molecular complexity index is 723. The van der Waals surface area contributed by atoms with E-state index in [1.165, 1.54) is 12.0 Å². The highest BCUT2D eigenvalue weighted by atomic mass is 16.5. The second kappa shape index (κ2) is 6.12. The van der Waals surface area contributed by atoms with E-state index in [1.807, 2.05) is 0 Å². The summed E-state index contributed by atoms with van der Waals surface area (Å²) in [5.41, 5.74) is 7.64. The Morgan fingerprint density at radius 3 is 2.78 bits per heavy atom.